The summed E-state index contributed by atoms with van der Waals surface area (Å²) in [4.78, 5) is 35.7. The molecule has 16 heteroatoms. The third kappa shape index (κ3) is 13.4. The van der Waals surface area contributed by atoms with Gasteiger partial charge in [0.05, 0.1) is 18.2 Å². The van der Waals surface area contributed by atoms with E-state index in [2.05, 4.69) is 16.0 Å². The third-order valence-corrected chi connectivity index (χ3v) is 5.97. The standard InChI is InChI=1S/C17H29BN6O6.C9H9F3/c19-8-17(28,9-20)10-23-14(25)5-4-13(21)16(27)22-7-15(26)24-12-3-1-2-11(6-12)18(29)30;1-2-7-3-5-8(6-4-7)9(10,11)12/h1-3,6,13,28-30H,4-5,7-10,19-21H2,(H,22,27)(H,23,25)(H,24,26);3-6H,2H2,1H3. The number of carbonyl (C=O) groups is 3. The van der Waals surface area contributed by atoms with Crippen molar-refractivity contribution in [3.63, 3.8) is 0 Å². The van der Waals surface area contributed by atoms with Crippen LogP contribution in [0.25, 0.3) is 0 Å². The van der Waals surface area contributed by atoms with Gasteiger partial charge in [0.15, 0.2) is 0 Å². The van der Waals surface area contributed by atoms with Gasteiger partial charge in [-0.1, -0.05) is 31.2 Å². The minimum atomic E-state index is -4.22. The zero-order chi connectivity index (χ0) is 31.9. The van der Waals surface area contributed by atoms with Crippen LogP contribution in [-0.4, -0.2) is 77.8 Å². The molecule has 0 heterocycles. The average Bonchev–Trinajstić information content (AvgIpc) is 2.97. The summed E-state index contributed by atoms with van der Waals surface area (Å²) < 4.78 is 36.1. The molecule has 0 bridgehead atoms. The first-order valence-electron chi connectivity index (χ1n) is 13.0. The van der Waals surface area contributed by atoms with Crippen molar-refractivity contribution in [2.75, 3.05) is 31.5 Å². The number of benzene rings is 2. The number of rotatable bonds is 13. The van der Waals surface area contributed by atoms with Gasteiger partial charge in [-0.25, -0.2) is 0 Å². The van der Waals surface area contributed by atoms with E-state index in [0.29, 0.717) is 5.69 Å². The van der Waals surface area contributed by atoms with E-state index in [-0.39, 0.29) is 44.5 Å². The molecule has 0 aliphatic carbocycles. The number of hydrogen-bond acceptors (Lipinski definition) is 9. The Hall–Kier alpha value is -3.54. The number of amides is 3. The van der Waals surface area contributed by atoms with Crippen LogP contribution in [-0.2, 0) is 27.0 Å². The summed E-state index contributed by atoms with van der Waals surface area (Å²) in [5, 5.41) is 35.5. The largest absolute Gasteiger partial charge is 0.488 e. The van der Waals surface area contributed by atoms with E-state index in [0.717, 1.165) is 24.1 Å². The maximum Gasteiger partial charge on any atom is 0.488 e. The highest BCUT2D eigenvalue weighted by Crippen LogP contribution is 2.29. The molecule has 0 saturated heterocycles. The number of aryl methyl sites for hydroxylation is 1. The number of alkyl halides is 3. The molecule has 0 radical (unpaired) electrons. The summed E-state index contributed by atoms with van der Waals surface area (Å²) in [7, 11) is -1.67. The predicted molar refractivity (Wildman–Crippen MR) is 152 cm³/mol. The van der Waals surface area contributed by atoms with Gasteiger partial charge < -0.3 is 48.3 Å². The van der Waals surface area contributed by atoms with E-state index in [1.54, 1.807) is 6.07 Å². The van der Waals surface area contributed by atoms with E-state index >= 15 is 0 Å². The Morgan fingerprint density at radius 2 is 1.60 bits per heavy atom. The Labute approximate surface area is 242 Å². The number of nitrogens with two attached hydrogens (primary N) is 3. The smallest absolute Gasteiger partial charge is 0.423 e. The summed E-state index contributed by atoms with van der Waals surface area (Å²) in [6, 6.07) is 10.1. The lowest BCUT2D eigenvalue weighted by molar-refractivity contribution is -0.137. The van der Waals surface area contributed by atoms with Crippen LogP contribution in [0.3, 0.4) is 0 Å². The average molecular weight is 598 g/mol. The van der Waals surface area contributed by atoms with Gasteiger partial charge in [0.2, 0.25) is 17.7 Å². The first kappa shape index (κ1) is 36.5. The topological polar surface area (TPSA) is 226 Å². The van der Waals surface area contributed by atoms with Gasteiger partial charge >= 0.3 is 13.3 Å². The fraction of sp³-hybridized carbons (Fsp3) is 0.423. The zero-order valence-corrected chi connectivity index (χ0v) is 23.2. The molecule has 0 spiro atoms. The molecule has 42 heavy (non-hydrogen) atoms. The van der Waals surface area contributed by atoms with E-state index in [1.165, 1.54) is 30.3 Å². The highest BCUT2D eigenvalue weighted by atomic mass is 19.4. The lowest BCUT2D eigenvalue weighted by Gasteiger charge is -2.24. The lowest BCUT2D eigenvalue weighted by atomic mass is 9.80. The molecule has 0 saturated carbocycles. The molecule has 0 aliphatic rings. The van der Waals surface area contributed by atoms with Crippen molar-refractivity contribution in [2.24, 2.45) is 17.2 Å². The monoisotopic (exact) mass is 598 g/mol. The van der Waals surface area contributed by atoms with Crippen molar-refractivity contribution in [3.05, 3.63) is 59.7 Å². The first-order valence-corrected chi connectivity index (χ1v) is 13.0. The van der Waals surface area contributed by atoms with Crippen LogP contribution in [0.5, 0.6) is 0 Å². The highest BCUT2D eigenvalue weighted by Gasteiger charge is 2.29. The predicted octanol–water partition coefficient (Wildman–Crippen LogP) is -1.44. The van der Waals surface area contributed by atoms with Gasteiger partial charge in [0.25, 0.3) is 0 Å². The second kappa shape index (κ2) is 17.4. The Balaban J connectivity index is 0.000000609. The fourth-order valence-corrected chi connectivity index (χ4v) is 3.21. The summed E-state index contributed by atoms with van der Waals surface area (Å²) in [6.07, 6.45) is -3.49. The van der Waals surface area contributed by atoms with Crippen LogP contribution in [0.1, 0.15) is 30.9 Å². The van der Waals surface area contributed by atoms with E-state index in [4.69, 9.17) is 27.2 Å². The van der Waals surface area contributed by atoms with Crippen molar-refractivity contribution in [1.82, 2.24) is 10.6 Å². The van der Waals surface area contributed by atoms with Gasteiger partial charge in [-0.15, -0.1) is 0 Å². The quantitative estimate of drug-likeness (QED) is 0.123. The summed E-state index contributed by atoms with van der Waals surface area (Å²) in [6.45, 7) is 1.21. The van der Waals surface area contributed by atoms with Crippen LogP contribution < -0.4 is 38.6 Å². The molecule has 12 nitrogen and oxygen atoms in total. The van der Waals surface area contributed by atoms with Gasteiger partial charge in [0.1, 0.15) is 5.60 Å². The molecule has 1 unspecified atom stereocenters. The minimum absolute atomic E-state index is 0.0272. The Kier molecular flexibility index (Phi) is 15.1. The molecule has 232 valence electrons. The van der Waals surface area contributed by atoms with Crippen molar-refractivity contribution >= 4 is 36.0 Å². The molecule has 0 aromatic heterocycles. The molecule has 2 aromatic carbocycles. The Morgan fingerprint density at radius 1 is 0.976 bits per heavy atom. The van der Waals surface area contributed by atoms with E-state index in [9.17, 15) is 32.7 Å². The first-order chi connectivity index (χ1) is 19.6. The number of halogens is 3. The van der Waals surface area contributed by atoms with Crippen LogP contribution in [0.15, 0.2) is 48.5 Å². The summed E-state index contributed by atoms with van der Waals surface area (Å²) in [5.41, 5.74) is 16.0. The molecule has 0 fully saturated rings. The maximum absolute atomic E-state index is 12.0. The van der Waals surface area contributed by atoms with Crippen molar-refractivity contribution in [3.8, 4) is 0 Å². The van der Waals surface area contributed by atoms with E-state index in [1.807, 2.05) is 6.92 Å². The number of aliphatic hydroxyl groups is 1. The Morgan fingerprint density at radius 3 is 2.12 bits per heavy atom. The summed E-state index contributed by atoms with van der Waals surface area (Å²) >= 11 is 0. The van der Waals surface area contributed by atoms with Gasteiger partial charge in [-0.2, -0.15) is 13.2 Å². The van der Waals surface area contributed by atoms with Crippen LogP contribution >= 0.6 is 0 Å². The van der Waals surface area contributed by atoms with Gasteiger partial charge in [-0.3, -0.25) is 14.4 Å². The third-order valence-electron chi connectivity index (χ3n) is 5.97. The number of hydrogen-bond donors (Lipinski definition) is 9. The van der Waals surface area contributed by atoms with Crippen LogP contribution in [0, 0.1) is 0 Å². The van der Waals surface area contributed by atoms with Crippen molar-refractivity contribution < 1.29 is 42.7 Å². The zero-order valence-electron chi connectivity index (χ0n) is 23.2. The maximum atomic E-state index is 12.0. The second-order valence-electron chi connectivity index (χ2n) is 9.37. The lowest BCUT2D eigenvalue weighted by Crippen LogP contribution is -2.53. The van der Waals surface area contributed by atoms with Crippen molar-refractivity contribution in [1.29, 1.82) is 0 Å². The van der Waals surface area contributed by atoms with E-state index < -0.39 is 48.2 Å². The molecular weight excluding hydrogens is 560 g/mol. The van der Waals surface area contributed by atoms with Crippen molar-refractivity contribution in [2.45, 2.75) is 44.0 Å². The SMILES string of the molecule is CCc1ccc(C(F)(F)F)cc1.NCC(O)(CN)CNC(=O)CCC(N)C(=O)NCC(=O)Nc1cccc(B(O)O)c1. The van der Waals surface area contributed by atoms with Gasteiger partial charge in [0, 0.05) is 31.7 Å². The number of carbonyl (C=O) groups excluding carboxylic acids is 3. The second-order valence-corrected chi connectivity index (χ2v) is 9.37. The molecule has 12 N–H and O–H groups in total. The molecule has 3 amide bonds. The fourth-order valence-electron chi connectivity index (χ4n) is 3.21. The highest BCUT2D eigenvalue weighted by molar-refractivity contribution is 6.58. The van der Waals surface area contributed by atoms with Crippen LogP contribution in [0.4, 0.5) is 18.9 Å². The van der Waals surface area contributed by atoms with Gasteiger partial charge in [-0.05, 0) is 48.1 Å². The summed E-state index contributed by atoms with van der Waals surface area (Å²) in [5.74, 6) is -1.58. The minimum Gasteiger partial charge on any atom is -0.423 e. The number of anilines is 1. The molecule has 1 atom stereocenters. The molecule has 2 aromatic rings. The Bertz CT molecular complexity index is 1150. The molecule has 0 aliphatic heterocycles. The normalized spacial score (nSPS) is 12.0. The number of nitrogens with one attached hydrogen (secondary N) is 3. The van der Waals surface area contributed by atoms with Crippen LogP contribution in [0.2, 0.25) is 0 Å². The molecule has 2 rings (SSSR count). The molecular formula is C26H38BF3N6O6.